The highest BCUT2D eigenvalue weighted by molar-refractivity contribution is 5.65. The molecule has 0 radical (unpaired) electrons. The van der Waals surface area contributed by atoms with Gasteiger partial charge >= 0.3 is 0 Å². The number of nitrogens with zero attached hydrogens (tertiary/aromatic N) is 1. The fraction of sp³-hybridized carbons (Fsp3) is 0.357. The van der Waals surface area contributed by atoms with E-state index in [1.807, 2.05) is 13.2 Å². The number of ether oxygens (including phenoxy) is 1. The molecule has 4 heteroatoms. The maximum atomic E-state index is 5.83. The van der Waals surface area contributed by atoms with E-state index in [2.05, 4.69) is 33.5 Å². The zero-order valence-corrected chi connectivity index (χ0v) is 10.4. The molecule has 0 spiro atoms. The maximum Gasteiger partial charge on any atom is 0.0952 e. The maximum absolute atomic E-state index is 5.83. The summed E-state index contributed by atoms with van der Waals surface area (Å²) in [5, 5.41) is 3.19. The Bertz CT molecular complexity index is 522. The zero-order chi connectivity index (χ0) is 12.4. The largest absolute Gasteiger partial charge is 0.372 e. The average molecular weight is 243 g/mol. The normalized spacial score (nSPS) is 18.6. The van der Waals surface area contributed by atoms with Crippen LogP contribution >= 0.6 is 0 Å². The number of fused-ring (bicyclic) bond motifs is 1. The summed E-state index contributed by atoms with van der Waals surface area (Å²) in [6, 6.07) is 6.38. The second-order valence-electron chi connectivity index (χ2n) is 4.49. The van der Waals surface area contributed by atoms with Gasteiger partial charge in [-0.25, -0.2) is 4.98 Å². The van der Waals surface area contributed by atoms with Crippen LogP contribution in [0.15, 0.2) is 30.7 Å². The summed E-state index contributed by atoms with van der Waals surface area (Å²) in [7, 11) is 1.95. The zero-order valence-electron chi connectivity index (χ0n) is 10.4. The number of nitrogens with one attached hydrogen (secondary N) is 2. The standard InChI is InChI=1S/C14H17N3O/c1-15-8-14-12-4-2-3-11(10(12)5-6-18-14)13-7-16-9-17-13/h2-4,7,9,14-15H,5-6,8H2,1H3,(H,16,17)/t14-/m1/s1. The molecule has 0 saturated carbocycles. The minimum Gasteiger partial charge on any atom is -0.372 e. The Balaban J connectivity index is 2.06. The van der Waals surface area contributed by atoms with E-state index < -0.39 is 0 Å². The van der Waals surface area contributed by atoms with Gasteiger partial charge in [-0.3, -0.25) is 0 Å². The first-order chi connectivity index (χ1) is 8.90. The number of H-pyrrole nitrogens is 1. The Morgan fingerprint density at radius 3 is 3.22 bits per heavy atom. The lowest BCUT2D eigenvalue weighted by Gasteiger charge is -2.27. The monoisotopic (exact) mass is 243 g/mol. The highest BCUT2D eigenvalue weighted by Crippen LogP contribution is 2.33. The van der Waals surface area contributed by atoms with E-state index in [0.717, 1.165) is 25.3 Å². The van der Waals surface area contributed by atoms with Crippen molar-refractivity contribution in [3.05, 3.63) is 41.9 Å². The number of hydrogen-bond donors (Lipinski definition) is 2. The molecular formula is C14H17N3O. The van der Waals surface area contributed by atoms with E-state index in [0.29, 0.717) is 0 Å². The molecule has 4 nitrogen and oxygen atoms in total. The van der Waals surface area contributed by atoms with Gasteiger partial charge in [0, 0.05) is 18.3 Å². The van der Waals surface area contributed by atoms with Crippen LogP contribution in [0, 0.1) is 0 Å². The van der Waals surface area contributed by atoms with Crippen molar-refractivity contribution in [2.24, 2.45) is 0 Å². The highest BCUT2D eigenvalue weighted by atomic mass is 16.5. The minimum absolute atomic E-state index is 0.151. The first-order valence-corrected chi connectivity index (χ1v) is 6.27. The van der Waals surface area contributed by atoms with Crippen LogP contribution < -0.4 is 5.32 Å². The van der Waals surface area contributed by atoms with Gasteiger partial charge in [-0.15, -0.1) is 0 Å². The first-order valence-electron chi connectivity index (χ1n) is 6.27. The molecule has 94 valence electrons. The first kappa shape index (κ1) is 11.4. The molecule has 0 fully saturated rings. The lowest BCUT2D eigenvalue weighted by atomic mass is 9.91. The molecule has 0 saturated heterocycles. The van der Waals surface area contributed by atoms with Crippen molar-refractivity contribution in [3.8, 4) is 11.3 Å². The van der Waals surface area contributed by atoms with Crippen molar-refractivity contribution in [2.75, 3.05) is 20.2 Å². The molecule has 1 atom stereocenters. The van der Waals surface area contributed by atoms with Gasteiger partial charge in [-0.1, -0.05) is 18.2 Å². The molecule has 1 aromatic heterocycles. The van der Waals surface area contributed by atoms with E-state index in [4.69, 9.17) is 4.74 Å². The lowest BCUT2D eigenvalue weighted by molar-refractivity contribution is 0.0440. The second kappa shape index (κ2) is 4.92. The molecule has 0 bridgehead atoms. The Morgan fingerprint density at radius 1 is 1.50 bits per heavy atom. The number of rotatable bonds is 3. The summed E-state index contributed by atoms with van der Waals surface area (Å²) < 4.78 is 5.83. The second-order valence-corrected chi connectivity index (χ2v) is 4.49. The molecule has 1 aromatic carbocycles. The van der Waals surface area contributed by atoms with E-state index in [1.165, 1.54) is 16.7 Å². The molecule has 2 N–H and O–H groups in total. The van der Waals surface area contributed by atoms with Gasteiger partial charge in [-0.05, 0) is 24.6 Å². The lowest BCUT2D eigenvalue weighted by Crippen LogP contribution is -2.25. The van der Waals surface area contributed by atoms with Crippen LogP contribution in [0.1, 0.15) is 17.2 Å². The van der Waals surface area contributed by atoms with Gasteiger partial charge in [-0.2, -0.15) is 0 Å². The third kappa shape index (κ3) is 1.94. The summed E-state index contributed by atoms with van der Waals surface area (Å²) in [4.78, 5) is 7.37. The van der Waals surface area contributed by atoms with Crippen molar-refractivity contribution >= 4 is 0 Å². The number of likely N-dealkylation sites (N-methyl/N-ethyl adjacent to an activating group) is 1. The Kier molecular flexibility index (Phi) is 3.13. The van der Waals surface area contributed by atoms with Crippen molar-refractivity contribution < 1.29 is 4.74 Å². The molecular weight excluding hydrogens is 226 g/mol. The van der Waals surface area contributed by atoms with Crippen LogP contribution in [-0.2, 0) is 11.2 Å². The number of benzene rings is 1. The van der Waals surface area contributed by atoms with Crippen LogP contribution in [0.3, 0.4) is 0 Å². The predicted octanol–water partition coefficient (Wildman–Crippen LogP) is 1.91. The molecule has 0 amide bonds. The molecule has 1 aliphatic rings. The van der Waals surface area contributed by atoms with Gasteiger partial charge in [0.15, 0.2) is 0 Å². The van der Waals surface area contributed by atoms with Gasteiger partial charge in [0.05, 0.1) is 24.7 Å². The smallest absolute Gasteiger partial charge is 0.0952 e. The van der Waals surface area contributed by atoms with Gasteiger partial charge < -0.3 is 15.0 Å². The third-order valence-corrected chi connectivity index (χ3v) is 3.39. The van der Waals surface area contributed by atoms with Crippen molar-refractivity contribution in [1.82, 2.24) is 15.3 Å². The highest BCUT2D eigenvalue weighted by Gasteiger charge is 2.22. The molecule has 0 aliphatic carbocycles. The summed E-state index contributed by atoms with van der Waals surface area (Å²) >= 11 is 0. The van der Waals surface area contributed by atoms with Crippen LogP contribution in [-0.4, -0.2) is 30.2 Å². The molecule has 2 aromatic rings. The van der Waals surface area contributed by atoms with Gasteiger partial charge in [0.1, 0.15) is 0 Å². The van der Waals surface area contributed by atoms with Crippen molar-refractivity contribution in [1.29, 1.82) is 0 Å². The van der Waals surface area contributed by atoms with Crippen molar-refractivity contribution in [2.45, 2.75) is 12.5 Å². The molecule has 1 aliphatic heterocycles. The van der Waals surface area contributed by atoms with E-state index >= 15 is 0 Å². The average Bonchev–Trinajstić information content (AvgIpc) is 2.93. The summed E-state index contributed by atoms with van der Waals surface area (Å²) in [6.45, 7) is 1.62. The fourth-order valence-electron chi connectivity index (χ4n) is 2.58. The van der Waals surface area contributed by atoms with Crippen LogP contribution in [0.25, 0.3) is 11.3 Å². The molecule has 3 rings (SSSR count). The summed E-state index contributed by atoms with van der Waals surface area (Å²) in [6.07, 6.45) is 4.77. The molecule has 0 unspecified atom stereocenters. The molecule has 2 heterocycles. The summed E-state index contributed by atoms with van der Waals surface area (Å²) in [5.74, 6) is 0. The SMILES string of the molecule is CNC[C@H]1OCCc2c(-c3c[nH]cn3)cccc21. The number of hydrogen-bond acceptors (Lipinski definition) is 3. The number of aromatic nitrogens is 2. The van der Waals surface area contributed by atoms with Crippen LogP contribution in [0.5, 0.6) is 0 Å². The van der Waals surface area contributed by atoms with E-state index in [-0.39, 0.29) is 6.10 Å². The summed E-state index contributed by atoms with van der Waals surface area (Å²) in [5.41, 5.74) is 4.89. The van der Waals surface area contributed by atoms with E-state index in [9.17, 15) is 0 Å². The number of imidazole rings is 1. The third-order valence-electron chi connectivity index (χ3n) is 3.39. The van der Waals surface area contributed by atoms with Crippen LogP contribution in [0.2, 0.25) is 0 Å². The van der Waals surface area contributed by atoms with Gasteiger partial charge in [0.2, 0.25) is 0 Å². The van der Waals surface area contributed by atoms with Crippen LogP contribution in [0.4, 0.5) is 0 Å². The Morgan fingerprint density at radius 2 is 2.44 bits per heavy atom. The van der Waals surface area contributed by atoms with Gasteiger partial charge in [0.25, 0.3) is 0 Å². The molecule has 18 heavy (non-hydrogen) atoms. The minimum atomic E-state index is 0.151. The fourth-order valence-corrected chi connectivity index (χ4v) is 2.58. The van der Waals surface area contributed by atoms with E-state index in [1.54, 1.807) is 6.33 Å². The predicted molar refractivity (Wildman–Crippen MR) is 70.3 cm³/mol. The van der Waals surface area contributed by atoms with Crippen molar-refractivity contribution in [3.63, 3.8) is 0 Å². The number of aromatic amines is 1. The quantitative estimate of drug-likeness (QED) is 0.865. The topological polar surface area (TPSA) is 49.9 Å². The Hall–Kier alpha value is -1.65. The Labute approximate surface area is 106 Å².